The molecule has 2 N–H and O–H groups in total. The second kappa shape index (κ2) is 7.46. The first-order valence-electron chi connectivity index (χ1n) is 9.07. The van der Waals surface area contributed by atoms with Crippen LogP contribution in [0.2, 0.25) is 5.02 Å². The lowest BCUT2D eigenvalue weighted by atomic mass is 10.1. The van der Waals surface area contributed by atoms with Crippen LogP contribution in [-0.2, 0) is 10.0 Å². The summed E-state index contributed by atoms with van der Waals surface area (Å²) in [6.45, 7) is 2.27. The second-order valence-electron chi connectivity index (χ2n) is 6.85. The summed E-state index contributed by atoms with van der Waals surface area (Å²) in [4.78, 5) is 25.6. The van der Waals surface area contributed by atoms with Crippen LogP contribution in [0.25, 0.3) is 11.0 Å². The predicted molar refractivity (Wildman–Crippen MR) is 108 cm³/mol. The molecule has 158 valence electrons. The zero-order valence-corrected chi connectivity index (χ0v) is 17.5. The van der Waals surface area contributed by atoms with E-state index in [1.165, 1.54) is 21.3 Å². The number of carbonyl (C=O) groups excluding carboxylic acids is 2. The fraction of sp³-hybridized carbons (Fsp3) is 0.263. The number of halogens is 1. The molecule has 0 bridgehead atoms. The summed E-state index contributed by atoms with van der Waals surface area (Å²) in [6.07, 6.45) is 0. The molecule has 0 aliphatic carbocycles. The van der Waals surface area contributed by atoms with Crippen molar-refractivity contribution in [2.24, 2.45) is 5.73 Å². The van der Waals surface area contributed by atoms with Gasteiger partial charge < -0.3 is 19.5 Å². The van der Waals surface area contributed by atoms with Gasteiger partial charge in [-0.3, -0.25) is 9.59 Å². The highest BCUT2D eigenvalue weighted by Crippen LogP contribution is 2.31. The number of rotatable bonds is 4. The normalized spacial score (nSPS) is 15.6. The Hall–Kier alpha value is -2.82. The molecule has 0 saturated carbocycles. The van der Waals surface area contributed by atoms with E-state index < -0.39 is 15.9 Å². The van der Waals surface area contributed by atoms with Gasteiger partial charge in [0.05, 0.1) is 5.02 Å². The van der Waals surface area contributed by atoms with Crippen LogP contribution in [0, 0.1) is 6.92 Å². The molecule has 0 atom stereocenters. The van der Waals surface area contributed by atoms with Crippen LogP contribution in [-0.4, -0.2) is 55.6 Å². The molecule has 3 aromatic rings. The van der Waals surface area contributed by atoms with Gasteiger partial charge in [-0.05, 0) is 25.1 Å². The largest absolute Gasteiger partial charge is 0.449 e. The number of carbonyl (C=O) groups is 2. The minimum atomic E-state index is -3.94. The molecule has 2 aromatic heterocycles. The van der Waals surface area contributed by atoms with Gasteiger partial charge in [0.1, 0.15) is 0 Å². The van der Waals surface area contributed by atoms with Crippen LogP contribution in [0.1, 0.15) is 26.7 Å². The molecule has 2 amide bonds. The summed E-state index contributed by atoms with van der Waals surface area (Å²) in [7, 11) is -3.94. The van der Waals surface area contributed by atoms with Crippen molar-refractivity contribution < 1.29 is 26.8 Å². The van der Waals surface area contributed by atoms with Gasteiger partial charge in [0.25, 0.3) is 21.8 Å². The molecule has 1 saturated heterocycles. The number of nitrogens with two attached hydrogens (primary N) is 1. The molecule has 4 rings (SSSR count). The van der Waals surface area contributed by atoms with E-state index in [0.29, 0.717) is 16.2 Å². The molecule has 1 aliphatic rings. The highest BCUT2D eigenvalue weighted by atomic mass is 35.5. The summed E-state index contributed by atoms with van der Waals surface area (Å²) in [5.74, 6) is -1.23. The van der Waals surface area contributed by atoms with E-state index in [4.69, 9.17) is 26.2 Å². The van der Waals surface area contributed by atoms with E-state index in [9.17, 15) is 18.0 Å². The van der Waals surface area contributed by atoms with Crippen LogP contribution >= 0.6 is 11.6 Å². The molecule has 11 heteroatoms. The van der Waals surface area contributed by atoms with E-state index in [1.54, 1.807) is 19.1 Å². The minimum Gasteiger partial charge on any atom is -0.449 e. The molecule has 3 heterocycles. The van der Waals surface area contributed by atoms with Crippen molar-refractivity contribution in [2.45, 2.75) is 12.0 Å². The predicted octanol–water partition coefficient (Wildman–Crippen LogP) is 2.23. The van der Waals surface area contributed by atoms with Crippen molar-refractivity contribution >= 4 is 44.4 Å². The van der Waals surface area contributed by atoms with Crippen LogP contribution in [0.15, 0.2) is 44.3 Å². The Labute approximate surface area is 177 Å². The van der Waals surface area contributed by atoms with Gasteiger partial charge in [-0.2, -0.15) is 4.31 Å². The maximum absolute atomic E-state index is 13.0. The van der Waals surface area contributed by atoms with Crippen molar-refractivity contribution in [3.63, 3.8) is 0 Å². The fourth-order valence-electron chi connectivity index (χ4n) is 3.41. The molecular formula is C19H18ClN3O6S. The molecule has 0 spiro atoms. The Morgan fingerprint density at radius 3 is 2.37 bits per heavy atom. The summed E-state index contributed by atoms with van der Waals surface area (Å²) >= 11 is 6.15. The first-order valence-corrected chi connectivity index (χ1v) is 10.9. The smallest absolute Gasteiger partial charge is 0.289 e. The number of fused-ring (bicyclic) bond motifs is 1. The highest BCUT2D eigenvalue weighted by Gasteiger charge is 2.34. The Balaban J connectivity index is 1.50. The second-order valence-corrected chi connectivity index (χ2v) is 9.13. The SMILES string of the molecule is Cc1c(C(=O)N2CCN(S(=O)(=O)c3ccc(C(N)=O)o3)CC2)oc2c(Cl)cccc12. The lowest BCUT2D eigenvalue weighted by Crippen LogP contribution is -2.50. The number of nitrogens with zero attached hydrogens (tertiary/aromatic N) is 2. The van der Waals surface area contributed by atoms with E-state index in [2.05, 4.69) is 0 Å². The van der Waals surface area contributed by atoms with Crippen LogP contribution in [0.3, 0.4) is 0 Å². The molecule has 0 unspecified atom stereocenters. The number of hydrogen-bond acceptors (Lipinski definition) is 6. The van der Waals surface area contributed by atoms with Crippen molar-refractivity contribution in [1.29, 1.82) is 0 Å². The molecule has 30 heavy (non-hydrogen) atoms. The number of benzene rings is 1. The number of primary amides is 1. The van der Waals surface area contributed by atoms with E-state index in [0.717, 1.165) is 5.39 Å². The Morgan fingerprint density at radius 2 is 1.77 bits per heavy atom. The third-order valence-electron chi connectivity index (χ3n) is 5.05. The van der Waals surface area contributed by atoms with Gasteiger partial charge in [-0.1, -0.05) is 23.7 Å². The molecular weight excluding hydrogens is 434 g/mol. The maximum atomic E-state index is 13.0. The average molecular weight is 452 g/mol. The maximum Gasteiger partial charge on any atom is 0.289 e. The Bertz CT molecular complexity index is 1250. The lowest BCUT2D eigenvalue weighted by molar-refractivity contribution is 0.0666. The summed E-state index contributed by atoms with van der Waals surface area (Å²) in [5.41, 5.74) is 6.23. The van der Waals surface area contributed by atoms with Gasteiger partial charge >= 0.3 is 0 Å². The number of piperazine rings is 1. The van der Waals surface area contributed by atoms with Gasteiger partial charge in [0.15, 0.2) is 17.1 Å². The van der Waals surface area contributed by atoms with E-state index >= 15 is 0 Å². The van der Waals surface area contributed by atoms with Gasteiger partial charge in [-0.15, -0.1) is 0 Å². The third-order valence-corrected chi connectivity index (χ3v) is 7.12. The standard InChI is InChI=1S/C19H18ClN3O6S/c1-11-12-3-2-4-13(20)17(12)29-16(11)19(25)22-7-9-23(10-8-22)30(26,27)15-6-5-14(28-15)18(21)24/h2-6H,7-10H2,1H3,(H2,21,24). The van der Waals surface area contributed by atoms with Crippen molar-refractivity contribution in [2.75, 3.05) is 26.2 Å². The first kappa shape index (κ1) is 20.5. The van der Waals surface area contributed by atoms with Crippen molar-refractivity contribution in [1.82, 2.24) is 9.21 Å². The number of hydrogen-bond donors (Lipinski definition) is 1. The highest BCUT2D eigenvalue weighted by molar-refractivity contribution is 7.89. The zero-order valence-electron chi connectivity index (χ0n) is 15.9. The number of amides is 2. The topological polar surface area (TPSA) is 127 Å². The van der Waals surface area contributed by atoms with Crippen molar-refractivity contribution in [3.8, 4) is 0 Å². The number of para-hydroxylation sites is 1. The monoisotopic (exact) mass is 451 g/mol. The molecule has 0 radical (unpaired) electrons. The Morgan fingerprint density at radius 1 is 1.07 bits per heavy atom. The Kier molecular flexibility index (Phi) is 5.08. The summed E-state index contributed by atoms with van der Waals surface area (Å²) < 4.78 is 37.4. The molecule has 9 nitrogen and oxygen atoms in total. The first-order chi connectivity index (χ1) is 14.2. The molecule has 1 aliphatic heterocycles. The quantitative estimate of drug-likeness (QED) is 0.648. The number of furan rings is 2. The zero-order chi connectivity index (χ0) is 21.6. The lowest BCUT2D eigenvalue weighted by Gasteiger charge is -2.33. The fourth-order valence-corrected chi connectivity index (χ4v) is 4.95. The molecule has 1 aromatic carbocycles. The third kappa shape index (κ3) is 3.36. The summed E-state index contributed by atoms with van der Waals surface area (Å²) in [5, 5.41) is 0.813. The van der Waals surface area contributed by atoms with Gasteiger partial charge in [0, 0.05) is 37.1 Å². The van der Waals surface area contributed by atoms with E-state index in [-0.39, 0.29) is 48.7 Å². The average Bonchev–Trinajstić information content (AvgIpc) is 3.35. The molecule has 1 fully saturated rings. The van der Waals surface area contributed by atoms with Crippen molar-refractivity contribution in [3.05, 3.63) is 52.4 Å². The van der Waals surface area contributed by atoms with Crippen LogP contribution in [0.5, 0.6) is 0 Å². The van der Waals surface area contributed by atoms with Gasteiger partial charge in [-0.25, -0.2) is 8.42 Å². The van der Waals surface area contributed by atoms with Gasteiger partial charge in [0.2, 0.25) is 5.09 Å². The van der Waals surface area contributed by atoms with Crippen LogP contribution < -0.4 is 5.73 Å². The van der Waals surface area contributed by atoms with Crippen LogP contribution in [0.4, 0.5) is 0 Å². The van der Waals surface area contributed by atoms with E-state index in [1.807, 2.05) is 6.07 Å². The number of aryl methyl sites for hydroxylation is 1. The minimum absolute atomic E-state index is 0.0701. The number of sulfonamides is 1. The summed E-state index contributed by atoms with van der Waals surface area (Å²) in [6, 6.07) is 7.69.